The lowest BCUT2D eigenvalue weighted by Crippen LogP contribution is -2.41. The Balaban J connectivity index is 1.70. The zero-order valence-electron chi connectivity index (χ0n) is 16.6. The fraction of sp³-hybridized carbons (Fsp3) is 0.261. The molecular formula is C23H19BrN6O. The van der Waals surface area contributed by atoms with Gasteiger partial charge in [0.1, 0.15) is 11.9 Å². The Morgan fingerprint density at radius 3 is 2.77 bits per heavy atom. The molecular weight excluding hydrogens is 456 g/mol. The number of nitriles is 2. The number of nitrogen functional groups attached to an aromatic ring is 1. The van der Waals surface area contributed by atoms with Crippen molar-refractivity contribution in [3.63, 3.8) is 0 Å². The Kier molecular flexibility index (Phi) is 5.83. The van der Waals surface area contributed by atoms with Crippen LogP contribution in [0.4, 0.5) is 5.82 Å². The normalized spacial score (nSPS) is 17.8. The van der Waals surface area contributed by atoms with Crippen molar-refractivity contribution in [2.75, 3.05) is 5.73 Å². The number of pyridine rings is 2. The zero-order chi connectivity index (χ0) is 22.0. The van der Waals surface area contributed by atoms with Crippen molar-refractivity contribution in [2.45, 2.75) is 31.8 Å². The van der Waals surface area contributed by atoms with Crippen molar-refractivity contribution in [3.05, 3.63) is 63.9 Å². The van der Waals surface area contributed by atoms with Crippen LogP contribution < -0.4 is 5.73 Å². The largest absolute Gasteiger partial charge is 0.383 e. The molecule has 0 spiro atoms. The van der Waals surface area contributed by atoms with Gasteiger partial charge in [-0.25, -0.2) is 4.98 Å². The number of nitrogens with zero attached hydrogens (tertiary/aromatic N) is 5. The highest BCUT2D eigenvalue weighted by atomic mass is 79.9. The predicted octanol–water partition coefficient (Wildman–Crippen LogP) is 4.18. The van der Waals surface area contributed by atoms with E-state index in [4.69, 9.17) is 11.0 Å². The number of carbonyl (C=O) groups is 1. The van der Waals surface area contributed by atoms with E-state index in [0.29, 0.717) is 32.6 Å². The minimum absolute atomic E-state index is 0.159. The molecule has 1 aliphatic carbocycles. The number of amides is 1. The van der Waals surface area contributed by atoms with Crippen LogP contribution in [0.2, 0.25) is 0 Å². The highest BCUT2D eigenvalue weighted by Gasteiger charge is 2.35. The standard InChI is InChI=1S/C23H19BrN6O/c24-19-9-17-8-15(5-7-20(17)29-22(19)27)23(31)30(21-3-1-2-16(21)11-26)13-18-6-4-14(10-25)12-28-18/h4-9,12,16,21H,1-3,13H2,(H2,27,29)/t16-,21-/m0/s1. The van der Waals surface area contributed by atoms with Crippen LogP contribution in [0.5, 0.6) is 0 Å². The Morgan fingerprint density at radius 2 is 2.06 bits per heavy atom. The molecule has 1 saturated carbocycles. The molecule has 31 heavy (non-hydrogen) atoms. The van der Waals surface area contributed by atoms with E-state index in [-0.39, 0.29) is 24.4 Å². The van der Waals surface area contributed by atoms with Gasteiger partial charge in [0.2, 0.25) is 0 Å². The third-order valence-electron chi connectivity index (χ3n) is 5.63. The predicted molar refractivity (Wildman–Crippen MR) is 119 cm³/mol. The van der Waals surface area contributed by atoms with Gasteiger partial charge in [-0.15, -0.1) is 0 Å². The van der Waals surface area contributed by atoms with Crippen molar-refractivity contribution in [1.82, 2.24) is 14.9 Å². The van der Waals surface area contributed by atoms with E-state index in [2.05, 4.69) is 32.0 Å². The molecule has 0 bridgehead atoms. The van der Waals surface area contributed by atoms with Gasteiger partial charge in [0.15, 0.2) is 0 Å². The molecule has 2 aromatic heterocycles. The van der Waals surface area contributed by atoms with Gasteiger partial charge in [-0.05, 0) is 71.6 Å². The van der Waals surface area contributed by atoms with E-state index in [1.54, 1.807) is 35.2 Å². The summed E-state index contributed by atoms with van der Waals surface area (Å²) >= 11 is 3.38. The second-order valence-corrected chi connectivity index (χ2v) is 8.43. The topological polar surface area (TPSA) is 120 Å². The number of fused-ring (bicyclic) bond motifs is 1. The second-order valence-electron chi connectivity index (χ2n) is 7.58. The summed E-state index contributed by atoms with van der Waals surface area (Å²) in [5, 5.41) is 19.4. The molecule has 1 aromatic carbocycles. The molecule has 3 aromatic rings. The van der Waals surface area contributed by atoms with Gasteiger partial charge in [-0.3, -0.25) is 9.78 Å². The molecule has 0 aliphatic heterocycles. The van der Waals surface area contributed by atoms with Crippen LogP contribution in [-0.2, 0) is 6.54 Å². The van der Waals surface area contributed by atoms with Crippen LogP contribution in [0.1, 0.15) is 40.9 Å². The SMILES string of the molecule is N#Cc1ccc(CN(C(=O)c2ccc3nc(N)c(Br)cc3c2)[C@H]2CCC[C@H]2C#N)nc1. The molecule has 2 heterocycles. The number of nitrogens with two attached hydrogens (primary N) is 1. The summed E-state index contributed by atoms with van der Waals surface area (Å²) in [5.41, 5.74) is 8.22. The van der Waals surface area contributed by atoms with Crippen LogP contribution in [0.25, 0.3) is 10.9 Å². The molecule has 2 N–H and O–H groups in total. The third-order valence-corrected chi connectivity index (χ3v) is 6.27. The quantitative estimate of drug-likeness (QED) is 0.605. The number of hydrogen-bond donors (Lipinski definition) is 1. The van der Waals surface area contributed by atoms with Crippen LogP contribution in [0.15, 0.2) is 47.1 Å². The molecule has 2 atom stereocenters. The average molecular weight is 475 g/mol. The van der Waals surface area contributed by atoms with E-state index in [9.17, 15) is 10.1 Å². The molecule has 0 unspecified atom stereocenters. The molecule has 8 heteroatoms. The zero-order valence-corrected chi connectivity index (χ0v) is 18.2. The fourth-order valence-electron chi connectivity index (χ4n) is 4.03. The van der Waals surface area contributed by atoms with Crippen LogP contribution in [-0.4, -0.2) is 26.8 Å². The van der Waals surface area contributed by atoms with Crippen molar-refractivity contribution in [2.24, 2.45) is 5.92 Å². The monoisotopic (exact) mass is 474 g/mol. The number of halogens is 1. The van der Waals surface area contributed by atoms with Gasteiger partial charge in [0, 0.05) is 23.2 Å². The smallest absolute Gasteiger partial charge is 0.254 e. The molecule has 0 saturated heterocycles. The van der Waals surface area contributed by atoms with E-state index < -0.39 is 0 Å². The number of anilines is 1. The molecule has 0 radical (unpaired) electrons. The summed E-state index contributed by atoms with van der Waals surface area (Å²) in [6, 6.07) is 14.8. The highest BCUT2D eigenvalue weighted by Crippen LogP contribution is 2.32. The average Bonchev–Trinajstić information content (AvgIpc) is 3.26. The van der Waals surface area contributed by atoms with Crippen molar-refractivity contribution < 1.29 is 4.79 Å². The van der Waals surface area contributed by atoms with Gasteiger partial charge < -0.3 is 10.6 Å². The molecule has 154 valence electrons. The summed E-state index contributed by atoms with van der Waals surface area (Å²) in [6.45, 7) is 0.273. The lowest BCUT2D eigenvalue weighted by atomic mass is 10.0. The minimum Gasteiger partial charge on any atom is -0.383 e. The van der Waals surface area contributed by atoms with E-state index >= 15 is 0 Å². The third kappa shape index (κ3) is 4.21. The Morgan fingerprint density at radius 1 is 1.23 bits per heavy atom. The summed E-state index contributed by atoms with van der Waals surface area (Å²) in [6.07, 6.45) is 3.95. The molecule has 1 amide bonds. The van der Waals surface area contributed by atoms with Crippen molar-refractivity contribution >= 4 is 38.6 Å². The number of aromatic nitrogens is 2. The Labute approximate surface area is 188 Å². The maximum atomic E-state index is 13.6. The van der Waals surface area contributed by atoms with Gasteiger partial charge in [0.05, 0.1) is 39.8 Å². The van der Waals surface area contributed by atoms with Gasteiger partial charge in [-0.2, -0.15) is 10.5 Å². The first-order chi connectivity index (χ1) is 15.0. The number of benzene rings is 1. The number of hydrogen-bond acceptors (Lipinski definition) is 6. The minimum atomic E-state index is -0.210. The van der Waals surface area contributed by atoms with Crippen LogP contribution in [0, 0.1) is 28.6 Å². The molecule has 4 rings (SSSR count). The van der Waals surface area contributed by atoms with Gasteiger partial charge in [-0.1, -0.05) is 0 Å². The lowest BCUT2D eigenvalue weighted by molar-refractivity contribution is 0.0636. The van der Waals surface area contributed by atoms with E-state index in [1.165, 1.54) is 6.20 Å². The highest BCUT2D eigenvalue weighted by molar-refractivity contribution is 9.10. The second kappa shape index (κ2) is 8.71. The summed E-state index contributed by atoms with van der Waals surface area (Å²) < 4.78 is 0.670. The summed E-state index contributed by atoms with van der Waals surface area (Å²) in [4.78, 5) is 24.0. The molecule has 1 aliphatic rings. The lowest BCUT2D eigenvalue weighted by Gasteiger charge is -2.31. The van der Waals surface area contributed by atoms with Crippen molar-refractivity contribution in [3.8, 4) is 12.1 Å². The van der Waals surface area contributed by atoms with Crippen LogP contribution >= 0.6 is 15.9 Å². The van der Waals surface area contributed by atoms with Gasteiger partial charge >= 0.3 is 0 Å². The summed E-state index contributed by atoms with van der Waals surface area (Å²) in [7, 11) is 0. The number of rotatable bonds is 4. The molecule has 7 nitrogen and oxygen atoms in total. The van der Waals surface area contributed by atoms with E-state index in [1.807, 2.05) is 12.1 Å². The maximum Gasteiger partial charge on any atom is 0.254 e. The first-order valence-corrected chi connectivity index (χ1v) is 10.7. The Hall–Kier alpha value is -3.49. The fourth-order valence-corrected chi connectivity index (χ4v) is 4.36. The maximum absolute atomic E-state index is 13.6. The van der Waals surface area contributed by atoms with Crippen LogP contribution in [0.3, 0.4) is 0 Å². The number of carbonyl (C=O) groups excluding carboxylic acids is 1. The summed E-state index contributed by atoms with van der Waals surface area (Å²) in [5.74, 6) is 0.0227. The first-order valence-electron chi connectivity index (χ1n) is 9.91. The van der Waals surface area contributed by atoms with Crippen molar-refractivity contribution in [1.29, 1.82) is 10.5 Å². The molecule has 1 fully saturated rings. The van der Waals surface area contributed by atoms with Gasteiger partial charge in [0.25, 0.3) is 5.91 Å². The van der Waals surface area contributed by atoms with E-state index in [0.717, 1.165) is 24.6 Å². The Bertz CT molecular complexity index is 1230. The first kappa shape index (κ1) is 20.8.